The number of hydrogen-bond donors (Lipinski definition) is 2. The third-order valence-corrected chi connectivity index (χ3v) is 6.90. The molecule has 1 aliphatic rings. The molecule has 1 heterocycles. The van der Waals surface area contributed by atoms with E-state index in [1.165, 1.54) is 4.31 Å². The average Bonchev–Trinajstić information content (AvgIpc) is 2.63. The molecule has 138 valence electrons. The van der Waals surface area contributed by atoms with Crippen LogP contribution in [0.15, 0.2) is 58.3 Å². The first-order chi connectivity index (χ1) is 12.4. The number of thiol groups is 1. The van der Waals surface area contributed by atoms with Gasteiger partial charge in [0.2, 0.25) is 10.0 Å². The molecule has 0 unspecified atom stereocenters. The fourth-order valence-electron chi connectivity index (χ4n) is 3.03. The van der Waals surface area contributed by atoms with E-state index in [0.717, 1.165) is 5.56 Å². The first kappa shape index (κ1) is 18.9. The Balaban J connectivity index is 1.61. The van der Waals surface area contributed by atoms with Crippen molar-refractivity contribution >= 4 is 28.6 Å². The number of aryl methyl sites for hydroxylation is 1. The van der Waals surface area contributed by atoms with Gasteiger partial charge in [-0.05, 0) is 44.0 Å². The Labute approximate surface area is 159 Å². The highest BCUT2D eigenvalue weighted by Crippen LogP contribution is 2.22. The molecule has 1 aliphatic heterocycles. The lowest BCUT2D eigenvalue weighted by Crippen LogP contribution is -2.46. The summed E-state index contributed by atoms with van der Waals surface area (Å²) in [5, 5.41) is 2.99. The minimum absolute atomic E-state index is 0.0418. The topological polar surface area (TPSA) is 66.5 Å². The van der Waals surface area contributed by atoms with Crippen LogP contribution in [0.25, 0.3) is 0 Å². The Morgan fingerprint density at radius 1 is 1.08 bits per heavy atom. The van der Waals surface area contributed by atoms with Gasteiger partial charge in [-0.25, -0.2) is 8.42 Å². The monoisotopic (exact) mass is 390 g/mol. The number of carbonyl (C=O) groups is 1. The number of hydrogen-bond acceptors (Lipinski definition) is 4. The molecule has 1 fully saturated rings. The Bertz CT molecular complexity index is 887. The number of nitrogens with zero attached hydrogens (tertiary/aromatic N) is 1. The van der Waals surface area contributed by atoms with E-state index in [4.69, 9.17) is 0 Å². The second-order valence-electron chi connectivity index (χ2n) is 6.48. The van der Waals surface area contributed by atoms with Crippen molar-refractivity contribution in [3.63, 3.8) is 0 Å². The van der Waals surface area contributed by atoms with E-state index in [1.807, 2.05) is 13.0 Å². The maximum atomic E-state index is 12.7. The van der Waals surface area contributed by atoms with Crippen LogP contribution in [0.4, 0.5) is 0 Å². The van der Waals surface area contributed by atoms with E-state index in [9.17, 15) is 13.2 Å². The molecular weight excluding hydrogens is 368 g/mol. The van der Waals surface area contributed by atoms with E-state index in [0.29, 0.717) is 41.3 Å². The second kappa shape index (κ2) is 7.82. The highest BCUT2D eigenvalue weighted by molar-refractivity contribution is 7.89. The van der Waals surface area contributed by atoms with Crippen LogP contribution in [-0.4, -0.2) is 37.8 Å². The molecule has 1 N–H and O–H groups in total. The number of rotatable bonds is 4. The standard InChI is InChI=1S/C19H22N2O3S2/c1-14-6-8-16(9-7-14)26(23,24)21-12-10-15(11-13-21)20-19(22)17-4-2-3-5-18(17)25/h2-9,15,25H,10-13H2,1H3,(H,20,22). The molecule has 1 amide bonds. The van der Waals surface area contributed by atoms with Gasteiger partial charge in [0, 0.05) is 24.0 Å². The van der Waals surface area contributed by atoms with E-state index in [-0.39, 0.29) is 11.9 Å². The maximum absolute atomic E-state index is 12.7. The molecule has 0 aromatic heterocycles. The fraction of sp³-hybridized carbons (Fsp3) is 0.316. The first-order valence-electron chi connectivity index (χ1n) is 8.53. The van der Waals surface area contributed by atoms with Crippen LogP contribution in [0.1, 0.15) is 28.8 Å². The quantitative estimate of drug-likeness (QED) is 0.789. The lowest BCUT2D eigenvalue weighted by molar-refractivity contribution is 0.0921. The molecule has 0 saturated carbocycles. The van der Waals surface area contributed by atoms with Gasteiger partial charge in [0.1, 0.15) is 0 Å². The zero-order valence-corrected chi connectivity index (χ0v) is 16.3. The fourth-order valence-corrected chi connectivity index (χ4v) is 4.76. The van der Waals surface area contributed by atoms with Crippen LogP contribution >= 0.6 is 12.6 Å². The first-order valence-corrected chi connectivity index (χ1v) is 10.4. The Morgan fingerprint density at radius 2 is 1.69 bits per heavy atom. The van der Waals surface area contributed by atoms with Crippen molar-refractivity contribution in [3.8, 4) is 0 Å². The normalized spacial score (nSPS) is 16.4. The summed E-state index contributed by atoms with van der Waals surface area (Å²) in [6.07, 6.45) is 1.18. The van der Waals surface area contributed by atoms with Gasteiger partial charge < -0.3 is 5.32 Å². The molecule has 26 heavy (non-hydrogen) atoms. The minimum atomic E-state index is -3.48. The summed E-state index contributed by atoms with van der Waals surface area (Å²) in [6, 6.07) is 14.0. The number of carbonyl (C=O) groups excluding carboxylic acids is 1. The van der Waals surface area contributed by atoms with E-state index in [2.05, 4.69) is 17.9 Å². The van der Waals surface area contributed by atoms with E-state index < -0.39 is 10.0 Å². The van der Waals surface area contributed by atoms with Crippen LogP contribution in [0.3, 0.4) is 0 Å². The minimum Gasteiger partial charge on any atom is -0.349 e. The molecule has 7 heteroatoms. The summed E-state index contributed by atoms with van der Waals surface area (Å²) in [6.45, 7) is 2.71. The number of piperidine rings is 1. The molecule has 2 aromatic carbocycles. The maximum Gasteiger partial charge on any atom is 0.252 e. The van der Waals surface area contributed by atoms with Crippen LogP contribution in [0, 0.1) is 6.92 Å². The summed E-state index contributed by atoms with van der Waals surface area (Å²) in [4.78, 5) is 13.3. The van der Waals surface area contributed by atoms with Gasteiger partial charge in [0.15, 0.2) is 0 Å². The summed E-state index contributed by atoms with van der Waals surface area (Å²) in [7, 11) is -3.48. The van der Waals surface area contributed by atoms with E-state index in [1.54, 1.807) is 42.5 Å². The van der Waals surface area contributed by atoms with E-state index >= 15 is 0 Å². The average molecular weight is 391 g/mol. The molecule has 5 nitrogen and oxygen atoms in total. The number of nitrogens with one attached hydrogen (secondary N) is 1. The zero-order chi connectivity index (χ0) is 18.7. The predicted octanol–water partition coefficient (Wildman–Crippen LogP) is 2.87. The lowest BCUT2D eigenvalue weighted by atomic mass is 10.1. The van der Waals surface area contributed by atoms with Gasteiger partial charge in [0.25, 0.3) is 5.91 Å². The Hall–Kier alpha value is -1.83. The Morgan fingerprint density at radius 3 is 2.31 bits per heavy atom. The molecular formula is C19H22N2O3S2. The van der Waals surface area contributed by atoms with Gasteiger partial charge in [-0.3, -0.25) is 4.79 Å². The van der Waals surface area contributed by atoms with Gasteiger partial charge in [-0.15, -0.1) is 12.6 Å². The predicted molar refractivity (Wildman–Crippen MR) is 104 cm³/mol. The second-order valence-corrected chi connectivity index (χ2v) is 8.90. The number of benzene rings is 2. The van der Waals surface area contributed by atoms with Gasteiger partial charge in [0.05, 0.1) is 10.5 Å². The molecule has 1 saturated heterocycles. The molecule has 2 aromatic rings. The van der Waals surface area contributed by atoms with Crippen molar-refractivity contribution in [1.82, 2.24) is 9.62 Å². The van der Waals surface area contributed by atoms with Gasteiger partial charge in [-0.2, -0.15) is 4.31 Å². The van der Waals surface area contributed by atoms with Crippen molar-refractivity contribution < 1.29 is 13.2 Å². The van der Waals surface area contributed by atoms with Crippen LogP contribution < -0.4 is 5.32 Å². The summed E-state index contributed by atoms with van der Waals surface area (Å²) in [5.41, 5.74) is 1.56. The van der Waals surface area contributed by atoms with Crippen molar-refractivity contribution in [2.45, 2.75) is 35.6 Å². The van der Waals surface area contributed by atoms with Gasteiger partial charge in [-0.1, -0.05) is 29.8 Å². The highest BCUT2D eigenvalue weighted by Gasteiger charge is 2.30. The molecule has 0 bridgehead atoms. The van der Waals surface area contributed by atoms with Crippen LogP contribution in [-0.2, 0) is 10.0 Å². The van der Waals surface area contributed by atoms with Crippen molar-refractivity contribution in [1.29, 1.82) is 0 Å². The third-order valence-electron chi connectivity index (χ3n) is 4.60. The summed E-state index contributed by atoms with van der Waals surface area (Å²) in [5.74, 6) is -0.171. The highest BCUT2D eigenvalue weighted by atomic mass is 32.2. The number of sulfonamides is 1. The molecule has 0 spiro atoms. The molecule has 3 rings (SSSR count). The van der Waals surface area contributed by atoms with Crippen molar-refractivity contribution in [3.05, 3.63) is 59.7 Å². The SMILES string of the molecule is Cc1ccc(S(=O)(=O)N2CCC(NC(=O)c3ccccc3S)CC2)cc1. The molecule has 0 radical (unpaired) electrons. The lowest BCUT2D eigenvalue weighted by Gasteiger charge is -2.31. The summed E-state index contributed by atoms with van der Waals surface area (Å²) >= 11 is 4.31. The number of amides is 1. The van der Waals surface area contributed by atoms with Crippen LogP contribution in [0.5, 0.6) is 0 Å². The molecule has 0 atom stereocenters. The van der Waals surface area contributed by atoms with Gasteiger partial charge >= 0.3 is 0 Å². The van der Waals surface area contributed by atoms with Crippen molar-refractivity contribution in [2.75, 3.05) is 13.1 Å². The largest absolute Gasteiger partial charge is 0.349 e. The smallest absolute Gasteiger partial charge is 0.252 e. The van der Waals surface area contributed by atoms with Crippen molar-refractivity contribution in [2.24, 2.45) is 0 Å². The summed E-state index contributed by atoms with van der Waals surface area (Å²) < 4.78 is 26.9. The van der Waals surface area contributed by atoms with Crippen LogP contribution in [0.2, 0.25) is 0 Å². The Kier molecular flexibility index (Phi) is 5.70. The third kappa shape index (κ3) is 4.11. The zero-order valence-electron chi connectivity index (χ0n) is 14.6. The molecule has 0 aliphatic carbocycles.